The molecule has 4 nitrogen and oxygen atoms in total. The molecule has 0 heterocycles. The lowest BCUT2D eigenvalue weighted by atomic mass is 10.1. The molecule has 0 radical (unpaired) electrons. The molecule has 2 N–H and O–H groups in total. The van der Waals surface area contributed by atoms with Crippen molar-refractivity contribution in [1.29, 1.82) is 0 Å². The van der Waals surface area contributed by atoms with Crippen LogP contribution in [0.2, 0.25) is 18.1 Å². The fourth-order valence-electron chi connectivity index (χ4n) is 2.77. The van der Waals surface area contributed by atoms with Gasteiger partial charge in [0, 0.05) is 0 Å². The molecule has 0 amide bonds. The van der Waals surface area contributed by atoms with Gasteiger partial charge in [0.05, 0.1) is 0 Å². The Bertz CT molecular complexity index is 535. The fraction of sp³-hybridized carbons (Fsp3) is 0.600. The van der Waals surface area contributed by atoms with Crippen LogP contribution < -0.4 is 5.14 Å². The number of hydrogen-bond donors (Lipinski definition) is 1. The zero-order chi connectivity index (χ0) is 16.1. The maximum Gasteiger partial charge on any atom is 0.242 e. The Labute approximate surface area is 129 Å². The SMILES string of the molecule is CCC(O[Si](CC)(CC)CC)(c1ccccc1)S(N)(=O)=O. The van der Waals surface area contributed by atoms with Crippen LogP contribution in [0, 0.1) is 0 Å². The summed E-state index contributed by atoms with van der Waals surface area (Å²) in [6.45, 7) is 8.05. The molecule has 0 spiro atoms. The van der Waals surface area contributed by atoms with Gasteiger partial charge in [-0.25, -0.2) is 13.6 Å². The quantitative estimate of drug-likeness (QED) is 0.741. The predicted molar refractivity (Wildman–Crippen MR) is 89.8 cm³/mol. The normalized spacial score (nSPS) is 15.7. The summed E-state index contributed by atoms with van der Waals surface area (Å²) in [6.07, 6.45) is 0.310. The Morgan fingerprint density at radius 1 is 1.05 bits per heavy atom. The molecule has 21 heavy (non-hydrogen) atoms. The number of rotatable bonds is 8. The van der Waals surface area contributed by atoms with Crippen LogP contribution in [0.25, 0.3) is 0 Å². The molecule has 1 unspecified atom stereocenters. The molecule has 0 aliphatic carbocycles. The number of sulfonamides is 1. The van der Waals surface area contributed by atoms with Crippen molar-refractivity contribution in [2.24, 2.45) is 5.14 Å². The maximum absolute atomic E-state index is 12.4. The van der Waals surface area contributed by atoms with Gasteiger partial charge in [-0.2, -0.15) is 0 Å². The molecule has 0 bridgehead atoms. The Morgan fingerprint density at radius 3 is 1.86 bits per heavy atom. The van der Waals surface area contributed by atoms with Gasteiger partial charge in [0.25, 0.3) is 0 Å². The van der Waals surface area contributed by atoms with Crippen LogP contribution in [-0.4, -0.2) is 16.7 Å². The molecule has 0 aliphatic rings. The highest BCUT2D eigenvalue weighted by molar-refractivity contribution is 7.90. The van der Waals surface area contributed by atoms with Crippen LogP contribution in [0.3, 0.4) is 0 Å². The van der Waals surface area contributed by atoms with Crippen molar-refractivity contribution in [2.45, 2.75) is 57.2 Å². The second kappa shape index (κ2) is 7.04. The van der Waals surface area contributed by atoms with Crippen molar-refractivity contribution in [2.75, 3.05) is 0 Å². The molecule has 1 atom stereocenters. The lowest BCUT2D eigenvalue weighted by molar-refractivity contribution is 0.133. The largest absolute Gasteiger partial charge is 0.394 e. The summed E-state index contributed by atoms with van der Waals surface area (Å²) in [5, 5.41) is 5.60. The van der Waals surface area contributed by atoms with E-state index in [2.05, 4.69) is 20.8 Å². The van der Waals surface area contributed by atoms with Crippen molar-refractivity contribution in [3.63, 3.8) is 0 Å². The minimum absolute atomic E-state index is 0.310. The van der Waals surface area contributed by atoms with E-state index in [0.717, 1.165) is 18.1 Å². The van der Waals surface area contributed by atoms with E-state index in [4.69, 9.17) is 9.56 Å². The van der Waals surface area contributed by atoms with Crippen molar-refractivity contribution < 1.29 is 12.8 Å². The molecular formula is C15H27NO3SSi. The van der Waals surface area contributed by atoms with Gasteiger partial charge in [-0.1, -0.05) is 58.0 Å². The zero-order valence-corrected chi connectivity index (χ0v) is 15.2. The Hall–Kier alpha value is -0.693. The maximum atomic E-state index is 12.4. The van der Waals surface area contributed by atoms with Gasteiger partial charge in [-0.3, -0.25) is 0 Å². The van der Waals surface area contributed by atoms with E-state index < -0.39 is 23.3 Å². The minimum atomic E-state index is -3.88. The zero-order valence-electron chi connectivity index (χ0n) is 13.4. The van der Waals surface area contributed by atoms with Crippen molar-refractivity contribution in [1.82, 2.24) is 0 Å². The summed E-state index contributed by atoms with van der Waals surface area (Å²) in [5.41, 5.74) is 0.627. The van der Waals surface area contributed by atoms with Crippen LogP contribution in [0.4, 0.5) is 0 Å². The molecule has 6 heteroatoms. The predicted octanol–water partition coefficient (Wildman–Crippen LogP) is 3.56. The lowest BCUT2D eigenvalue weighted by Crippen LogP contribution is -2.51. The van der Waals surface area contributed by atoms with Crippen LogP contribution in [-0.2, 0) is 19.4 Å². The molecule has 120 valence electrons. The summed E-state index contributed by atoms with van der Waals surface area (Å²) < 4.78 is 31.2. The fourth-order valence-corrected chi connectivity index (χ4v) is 7.52. The van der Waals surface area contributed by atoms with Crippen LogP contribution >= 0.6 is 0 Å². The van der Waals surface area contributed by atoms with Gasteiger partial charge < -0.3 is 4.43 Å². The molecule has 1 rings (SSSR count). The highest BCUT2D eigenvalue weighted by Gasteiger charge is 2.48. The average Bonchev–Trinajstić information content (AvgIpc) is 2.49. The van der Waals surface area contributed by atoms with E-state index in [-0.39, 0.29) is 0 Å². The summed E-state index contributed by atoms with van der Waals surface area (Å²) in [5.74, 6) is 0. The molecular weight excluding hydrogens is 302 g/mol. The summed E-state index contributed by atoms with van der Waals surface area (Å²) in [6, 6.07) is 11.7. The number of primary sulfonamides is 1. The minimum Gasteiger partial charge on any atom is -0.394 e. The van der Waals surface area contributed by atoms with Crippen LogP contribution in [0.5, 0.6) is 0 Å². The first-order valence-electron chi connectivity index (χ1n) is 7.58. The molecule has 0 fully saturated rings. The highest BCUT2D eigenvalue weighted by atomic mass is 32.2. The van der Waals surface area contributed by atoms with Gasteiger partial charge >= 0.3 is 0 Å². The van der Waals surface area contributed by atoms with Gasteiger partial charge in [-0.15, -0.1) is 0 Å². The van der Waals surface area contributed by atoms with E-state index in [9.17, 15) is 8.42 Å². The van der Waals surface area contributed by atoms with Crippen molar-refractivity contribution in [3.05, 3.63) is 35.9 Å². The first kappa shape index (κ1) is 18.4. The number of benzene rings is 1. The standard InChI is InChI=1S/C15H27NO3SSi/c1-5-15(20(16,17)18,14-12-10-9-11-13-14)19-21(6-2,7-3)8-4/h9-13H,5-8H2,1-4H3,(H2,16,17,18). The summed E-state index contributed by atoms with van der Waals surface area (Å²) in [4.78, 5) is -1.43. The van der Waals surface area contributed by atoms with Gasteiger partial charge in [0.2, 0.25) is 10.0 Å². The Balaban J connectivity index is 3.47. The molecule has 0 aliphatic heterocycles. The molecule has 1 aromatic rings. The third kappa shape index (κ3) is 3.56. The number of hydrogen-bond acceptors (Lipinski definition) is 3. The van der Waals surface area contributed by atoms with E-state index in [1.165, 1.54) is 0 Å². The molecule has 0 saturated carbocycles. The van der Waals surface area contributed by atoms with Crippen LogP contribution in [0.15, 0.2) is 30.3 Å². The third-order valence-electron chi connectivity index (χ3n) is 4.45. The Morgan fingerprint density at radius 2 is 1.52 bits per heavy atom. The smallest absolute Gasteiger partial charge is 0.242 e. The topological polar surface area (TPSA) is 69.4 Å². The second-order valence-electron chi connectivity index (χ2n) is 5.36. The second-order valence-corrected chi connectivity index (χ2v) is 11.8. The molecule has 0 saturated heterocycles. The Kier molecular flexibility index (Phi) is 6.16. The van der Waals surface area contributed by atoms with Gasteiger partial charge in [0.15, 0.2) is 13.3 Å². The van der Waals surface area contributed by atoms with Crippen molar-refractivity contribution >= 4 is 18.3 Å². The van der Waals surface area contributed by atoms with E-state index in [0.29, 0.717) is 12.0 Å². The number of nitrogens with two attached hydrogens (primary N) is 1. The summed E-state index contributed by atoms with van der Waals surface area (Å²) in [7, 11) is -6.01. The van der Waals surface area contributed by atoms with Gasteiger partial charge in [-0.05, 0) is 30.1 Å². The van der Waals surface area contributed by atoms with Crippen LogP contribution in [0.1, 0.15) is 39.7 Å². The first-order chi connectivity index (χ1) is 9.80. The lowest BCUT2D eigenvalue weighted by Gasteiger charge is -2.40. The first-order valence-corrected chi connectivity index (χ1v) is 11.7. The highest BCUT2D eigenvalue weighted by Crippen LogP contribution is 2.39. The monoisotopic (exact) mass is 329 g/mol. The molecule has 1 aromatic carbocycles. The van der Waals surface area contributed by atoms with Gasteiger partial charge in [0.1, 0.15) is 0 Å². The van der Waals surface area contributed by atoms with E-state index in [1.54, 1.807) is 12.1 Å². The van der Waals surface area contributed by atoms with Crippen molar-refractivity contribution in [3.8, 4) is 0 Å². The van der Waals surface area contributed by atoms with E-state index in [1.807, 2.05) is 25.1 Å². The third-order valence-corrected chi connectivity index (χ3v) is 10.8. The summed E-state index contributed by atoms with van der Waals surface area (Å²) >= 11 is 0. The molecule has 0 aromatic heterocycles. The van der Waals surface area contributed by atoms with E-state index >= 15 is 0 Å². The average molecular weight is 330 g/mol.